The van der Waals surface area contributed by atoms with E-state index in [4.69, 9.17) is 0 Å². The van der Waals surface area contributed by atoms with Gasteiger partial charge in [0.15, 0.2) is 0 Å². The minimum absolute atomic E-state index is 1.45. The average molecular weight is 385 g/mol. The van der Waals surface area contributed by atoms with Crippen molar-refractivity contribution in [2.75, 3.05) is 0 Å². The number of hydrogen-bond acceptors (Lipinski definition) is 0. The van der Waals surface area contributed by atoms with E-state index in [9.17, 15) is 0 Å². The number of aryl methyl sites for hydroxylation is 6. The van der Waals surface area contributed by atoms with Crippen LogP contribution in [0, 0.1) is 41.5 Å². The molecule has 1 heteroatoms. The standard InChI is InChI=1S/3C8H9.Ga/c3*1-7-4-3-5-8(2)6-7;/h3*3-5H,1-2H3;. The summed E-state index contributed by atoms with van der Waals surface area (Å²) in [6.45, 7) is 13.8. The molecular weight excluding hydrogens is 358 g/mol. The predicted molar refractivity (Wildman–Crippen MR) is 112 cm³/mol. The summed E-state index contributed by atoms with van der Waals surface area (Å²) in [5.41, 5.74) is 8.72. The van der Waals surface area contributed by atoms with Crippen LogP contribution in [0.3, 0.4) is 0 Å². The van der Waals surface area contributed by atoms with Gasteiger partial charge in [0.05, 0.1) is 0 Å². The van der Waals surface area contributed by atoms with Crippen molar-refractivity contribution in [1.29, 1.82) is 0 Å². The quantitative estimate of drug-likeness (QED) is 0.597. The Morgan fingerprint density at radius 1 is 0.400 bits per heavy atom. The Morgan fingerprint density at radius 2 is 0.600 bits per heavy atom. The van der Waals surface area contributed by atoms with Crippen LogP contribution in [-0.2, 0) is 0 Å². The summed E-state index contributed by atoms with van der Waals surface area (Å²) >= 11 is -2.18. The molecule has 0 nitrogen and oxygen atoms in total. The van der Waals surface area contributed by atoms with Gasteiger partial charge in [-0.25, -0.2) is 0 Å². The van der Waals surface area contributed by atoms with Crippen molar-refractivity contribution >= 4 is 28.6 Å². The molecule has 25 heavy (non-hydrogen) atoms. The molecule has 0 N–H and O–H groups in total. The predicted octanol–water partition coefficient (Wildman–Crippen LogP) is 4.05. The van der Waals surface area contributed by atoms with Gasteiger partial charge in [0.25, 0.3) is 0 Å². The molecule has 0 saturated heterocycles. The van der Waals surface area contributed by atoms with E-state index in [1.54, 1.807) is 12.4 Å². The van der Waals surface area contributed by atoms with Crippen LogP contribution in [0.5, 0.6) is 0 Å². The second-order valence-corrected chi connectivity index (χ2v) is 12.8. The van der Waals surface area contributed by atoms with Gasteiger partial charge in [-0.2, -0.15) is 0 Å². The van der Waals surface area contributed by atoms with Crippen LogP contribution < -0.4 is 12.4 Å². The van der Waals surface area contributed by atoms with E-state index in [-0.39, 0.29) is 0 Å². The van der Waals surface area contributed by atoms with Gasteiger partial charge in [-0.1, -0.05) is 0 Å². The topological polar surface area (TPSA) is 0 Å². The Morgan fingerprint density at radius 3 is 0.800 bits per heavy atom. The fraction of sp³-hybridized carbons (Fsp3) is 0.250. The van der Waals surface area contributed by atoms with E-state index in [1.807, 2.05) is 0 Å². The van der Waals surface area contributed by atoms with E-state index >= 15 is 0 Å². The van der Waals surface area contributed by atoms with Crippen LogP contribution >= 0.6 is 0 Å². The molecule has 126 valence electrons. The fourth-order valence-electron chi connectivity index (χ4n) is 4.28. The minimum atomic E-state index is -2.18. The Bertz CT molecular complexity index is 738. The zero-order valence-electron chi connectivity index (χ0n) is 16.3. The first-order chi connectivity index (χ1) is 11.9. The molecule has 0 aromatic heterocycles. The van der Waals surface area contributed by atoms with Gasteiger partial charge >= 0.3 is 158 Å². The number of hydrogen-bond donors (Lipinski definition) is 0. The van der Waals surface area contributed by atoms with Gasteiger partial charge in [0.1, 0.15) is 0 Å². The zero-order chi connectivity index (χ0) is 18.1. The summed E-state index contributed by atoms with van der Waals surface area (Å²) in [5.74, 6) is 0. The second kappa shape index (κ2) is 7.27. The first kappa shape index (κ1) is 18.1. The fourth-order valence-corrected chi connectivity index (χ4v) is 13.0. The number of rotatable bonds is 3. The summed E-state index contributed by atoms with van der Waals surface area (Å²) in [5, 5.41) is 0. The summed E-state index contributed by atoms with van der Waals surface area (Å²) < 4.78 is 4.93. The van der Waals surface area contributed by atoms with Crippen molar-refractivity contribution in [2.45, 2.75) is 41.5 Å². The number of benzene rings is 3. The molecule has 3 rings (SSSR count). The van der Waals surface area contributed by atoms with Crippen LogP contribution in [-0.4, -0.2) is 16.2 Å². The molecule has 0 radical (unpaired) electrons. The Hall–Kier alpha value is -1.70. The molecule has 0 saturated carbocycles. The van der Waals surface area contributed by atoms with Crippen molar-refractivity contribution in [3.8, 4) is 0 Å². The van der Waals surface area contributed by atoms with E-state index < -0.39 is 16.2 Å². The Kier molecular flexibility index (Phi) is 5.26. The van der Waals surface area contributed by atoms with Gasteiger partial charge in [-0.05, 0) is 0 Å². The van der Waals surface area contributed by atoms with Gasteiger partial charge in [0, 0.05) is 0 Å². The second-order valence-electron chi connectivity index (χ2n) is 7.35. The van der Waals surface area contributed by atoms with E-state index in [0.29, 0.717) is 0 Å². The third-order valence-electron chi connectivity index (χ3n) is 5.49. The van der Waals surface area contributed by atoms with Gasteiger partial charge in [-0.3, -0.25) is 0 Å². The van der Waals surface area contributed by atoms with Crippen molar-refractivity contribution in [3.63, 3.8) is 0 Å². The van der Waals surface area contributed by atoms with Gasteiger partial charge < -0.3 is 0 Å². The summed E-state index contributed by atoms with van der Waals surface area (Å²) in [6, 6.07) is 20.4. The van der Waals surface area contributed by atoms with Crippen molar-refractivity contribution in [3.05, 3.63) is 88.0 Å². The SMILES string of the molecule is Cc1cccc(C)[c]1[Ga]([c]1c(C)cccc1C)[c]1c(C)cccc1C. The first-order valence-corrected chi connectivity index (χ1v) is 12.7. The Labute approximate surface area is 158 Å². The molecule has 0 aliphatic rings. The Balaban J connectivity index is 2.42. The average Bonchev–Trinajstić information content (AvgIpc) is 2.53. The molecule has 3 aromatic rings. The maximum absolute atomic E-state index is 2.29. The monoisotopic (exact) mass is 384 g/mol. The molecule has 0 heterocycles. The van der Waals surface area contributed by atoms with Crippen LogP contribution in [0.1, 0.15) is 33.4 Å². The van der Waals surface area contributed by atoms with E-state index in [1.165, 1.54) is 33.4 Å². The van der Waals surface area contributed by atoms with Crippen molar-refractivity contribution < 1.29 is 0 Å². The van der Waals surface area contributed by atoms with Crippen molar-refractivity contribution in [1.82, 2.24) is 0 Å². The molecule has 0 aliphatic heterocycles. The van der Waals surface area contributed by atoms with Crippen molar-refractivity contribution in [2.24, 2.45) is 0 Å². The molecular formula is C24H27Ga. The van der Waals surface area contributed by atoms with Crippen LogP contribution in [0.2, 0.25) is 0 Å². The maximum atomic E-state index is 2.29. The van der Waals surface area contributed by atoms with Gasteiger partial charge in [-0.15, -0.1) is 0 Å². The molecule has 3 aromatic carbocycles. The molecule has 0 unspecified atom stereocenters. The molecule has 0 atom stereocenters. The molecule has 0 bridgehead atoms. The molecule has 0 aliphatic carbocycles. The third-order valence-corrected chi connectivity index (χ3v) is 14.9. The van der Waals surface area contributed by atoms with E-state index in [2.05, 4.69) is 96.1 Å². The van der Waals surface area contributed by atoms with Gasteiger partial charge in [0.2, 0.25) is 0 Å². The molecule has 0 spiro atoms. The first-order valence-electron chi connectivity index (χ1n) is 9.10. The van der Waals surface area contributed by atoms with Crippen LogP contribution in [0.25, 0.3) is 0 Å². The van der Waals surface area contributed by atoms with E-state index in [0.717, 1.165) is 0 Å². The van der Waals surface area contributed by atoms with Crippen LogP contribution in [0.15, 0.2) is 54.6 Å². The summed E-state index contributed by atoms with van der Waals surface area (Å²) in [4.78, 5) is 0. The third kappa shape index (κ3) is 3.36. The van der Waals surface area contributed by atoms with Crippen LogP contribution in [0.4, 0.5) is 0 Å². The summed E-state index contributed by atoms with van der Waals surface area (Å²) in [6.07, 6.45) is 0. The zero-order valence-corrected chi connectivity index (χ0v) is 18.7. The molecule has 0 fully saturated rings. The molecule has 0 amide bonds. The summed E-state index contributed by atoms with van der Waals surface area (Å²) in [7, 11) is 0. The normalized spacial score (nSPS) is 10.8.